The molecule has 0 atom stereocenters. The van der Waals surface area contributed by atoms with E-state index in [-0.39, 0.29) is 0 Å². The van der Waals surface area contributed by atoms with Crippen molar-refractivity contribution in [2.45, 2.75) is 0 Å². The first kappa shape index (κ1) is 6.66. The monoisotopic (exact) mass is 170 g/mol. The van der Waals surface area contributed by atoms with Crippen molar-refractivity contribution in [3.63, 3.8) is 0 Å². The summed E-state index contributed by atoms with van der Waals surface area (Å²) in [6, 6.07) is 12.3. The summed E-state index contributed by atoms with van der Waals surface area (Å²) in [5.74, 6) is 0. The van der Waals surface area contributed by atoms with Crippen molar-refractivity contribution in [2.75, 3.05) is 0 Å². The van der Waals surface area contributed by atoms with Crippen LogP contribution in [-0.4, -0.2) is 0 Å². The van der Waals surface area contributed by atoms with E-state index < -0.39 is 0 Å². The minimum absolute atomic E-state index is 0.902. The van der Waals surface area contributed by atoms with E-state index in [0.717, 1.165) is 11.1 Å². The summed E-state index contributed by atoms with van der Waals surface area (Å²) >= 11 is 0. The van der Waals surface area contributed by atoms with Gasteiger partial charge in [-0.05, 0) is 17.5 Å². The molecule has 2 nitrogen and oxygen atoms in total. The first-order valence-corrected chi connectivity index (χ1v) is 4.22. The minimum Gasteiger partial charge on any atom is -0.404 e. The Bertz CT molecular complexity index is 568. The molecule has 0 aliphatic carbocycles. The summed E-state index contributed by atoms with van der Waals surface area (Å²) in [6.07, 6.45) is 1.61. The van der Waals surface area contributed by atoms with Crippen molar-refractivity contribution in [1.29, 1.82) is 0 Å². The third-order valence-corrected chi connectivity index (χ3v) is 2.28. The second-order valence-electron chi connectivity index (χ2n) is 3.04. The van der Waals surface area contributed by atoms with E-state index in [0.29, 0.717) is 0 Å². The van der Waals surface area contributed by atoms with Crippen molar-refractivity contribution >= 4 is 21.9 Å². The first-order valence-electron chi connectivity index (χ1n) is 4.22. The SMILES string of the molecule is c1ccc2c(c1)ccc1oc[nH+]c12. The maximum atomic E-state index is 5.27. The average Bonchev–Trinajstić information content (AvgIpc) is 2.65. The van der Waals surface area contributed by atoms with E-state index >= 15 is 0 Å². The van der Waals surface area contributed by atoms with Crippen molar-refractivity contribution in [3.05, 3.63) is 42.8 Å². The number of H-pyrrole nitrogens is 1. The standard InChI is InChI=1S/C11H7NO/c1-2-4-9-8(3-1)5-6-10-11(9)12-7-13-10/h1-7H/p+1. The Morgan fingerprint density at radius 3 is 2.92 bits per heavy atom. The lowest BCUT2D eigenvalue weighted by atomic mass is 10.1. The number of hydrogen-bond acceptors (Lipinski definition) is 1. The van der Waals surface area contributed by atoms with Gasteiger partial charge in [0.15, 0.2) is 0 Å². The third kappa shape index (κ3) is 0.855. The topological polar surface area (TPSA) is 27.3 Å². The number of hydrogen-bond donors (Lipinski definition) is 0. The highest BCUT2D eigenvalue weighted by atomic mass is 16.3. The molecule has 0 fully saturated rings. The van der Waals surface area contributed by atoms with Gasteiger partial charge in [-0.3, -0.25) is 0 Å². The molecule has 0 radical (unpaired) electrons. The number of benzene rings is 2. The van der Waals surface area contributed by atoms with Crippen molar-refractivity contribution in [1.82, 2.24) is 0 Å². The van der Waals surface area contributed by atoms with Gasteiger partial charge in [-0.15, -0.1) is 0 Å². The van der Waals surface area contributed by atoms with Crippen LogP contribution in [0, 0.1) is 0 Å². The molecule has 3 rings (SSSR count). The summed E-state index contributed by atoms with van der Waals surface area (Å²) < 4.78 is 5.27. The molecule has 0 aliphatic heterocycles. The smallest absolute Gasteiger partial charge is 0.333 e. The average molecular weight is 170 g/mol. The van der Waals surface area contributed by atoms with Crippen molar-refractivity contribution < 1.29 is 9.40 Å². The van der Waals surface area contributed by atoms with Crippen LogP contribution in [0.5, 0.6) is 0 Å². The van der Waals surface area contributed by atoms with Gasteiger partial charge in [0, 0.05) is 0 Å². The number of aromatic amines is 1. The predicted molar refractivity (Wildman–Crippen MR) is 50.3 cm³/mol. The molecule has 2 aromatic carbocycles. The van der Waals surface area contributed by atoms with E-state index in [9.17, 15) is 0 Å². The first-order chi connectivity index (χ1) is 6.45. The van der Waals surface area contributed by atoms with Crippen LogP contribution in [0.4, 0.5) is 0 Å². The lowest BCUT2D eigenvalue weighted by Crippen LogP contribution is -1.94. The number of fused-ring (bicyclic) bond motifs is 3. The fourth-order valence-electron chi connectivity index (χ4n) is 1.65. The molecule has 0 unspecified atom stereocenters. The second kappa shape index (κ2) is 2.33. The zero-order valence-corrected chi connectivity index (χ0v) is 6.95. The Kier molecular flexibility index (Phi) is 1.19. The lowest BCUT2D eigenvalue weighted by Gasteiger charge is -1.92. The van der Waals surface area contributed by atoms with Crippen LogP contribution >= 0.6 is 0 Å². The minimum atomic E-state index is 0.902. The molecule has 0 saturated carbocycles. The van der Waals surface area contributed by atoms with E-state index in [1.165, 1.54) is 10.8 Å². The maximum Gasteiger partial charge on any atom is 0.333 e. The lowest BCUT2D eigenvalue weighted by molar-refractivity contribution is -0.352. The largest absolute Gasteiger partial charge is 0.404 e. The summed E-state index contributed by atoms with van der Waals surface area (Å²) in [6.45, 7) is 0. The summed E-state index contributed by atoms with van der Waals surface area (Å²) in [7, 11) is 0. The normalized spacial score (nSPS) is 11.1. The maximum absolute atomic E-state index is 5.27. The van der Waals surface area contributed by atoms with E-state index in [1.54, 1.807) is 6.39 Å². The Balaban J connectivity index is 2.65. The van der Waals surface area contributed by atoms with Gasteiger partial charge in [0.1, 0.15) is 0 Å². The van der Waals surface area contributed by atoms with Crippen LogP contribution in [0.1, 0.15) is 0 Å². The van der Waals surface area contributed by atoms with Gasteiger partial charge >= 0.3 is 6.39 Å². The molecular weight excluding hydrogens is 162 g/mol. The molecule has 13 heavy (non-hydrogen) atoms. The van der Waals surface area contributed by atoms with Gasteiger partial charge in [0.25, 0.3) is 5.52 Å². The second-order valence-corrected chi connectivity index (χ2v) is 3.04. The molecule has 0 spiro atoms. The van der Waals surface area contributed by atoms with E-state index in [2.05, 4.69) is 23.2 Å². The highest BCUT2D eigenvalue weighted by Gasteiger charge is 2.07. The van der Waals surface area contributed by atoms with Gasteiger partial charge < -0.3 is 4.42 Å². The molecule has 0 saturated heterocycles. The highest BCUT2D eigenvalue weighted by molar-refractivity contribution is 6.01. The molecule has 3 aromatic rings. The highest BCUT2D eigenvalue weighted by Crippen LogP contribution is 2.21. The zero-order chi connectivity index (χ0) is 8.67. The Morgan fingerprint density at radius 1 is 1.00 bits per heavy atom. The fraction of sp³-hybridized carbons (Fsp3) is 0. The van der Waals surface area contributed by atoms with E-state index in [4.69, 9.17) is 4.42 Å². The van der Waals surface area contributed by atoms with E-state index in [1.807, 2.05) is 18.2 Å². The quantitative estimate of drug-likeness (QED) is 0.509. The zero-order valence-electron chi connectivity index (χ0n) is 6.95. The molecule has 62 valence electrons. The van der Waals surface area contributed by atoms with Crippen LogP contribution in [0.25, 0.3) is 21.9 Å². The number of rotatable bonds is 0. The number of aromatic nitrogens is 1. The van der Waals surface area contributed by atoms with Crippen LogP contribution in [-0.2, 0) is 0 Å². The van der Waals surface area contributed by atoms with Crippen LogP contribution < -0.4 is 4.98 Å². The third-order valence-electron chi connectivity index (χ3n) is 2.28. The van der Waals surface area contributed by atoms with Crippen LogP contribution in [0.15, 0.2) is 47.2 Å². The summed E-state index contributed by atoms with van der Waals surface area (Å²) in [4.78, 5) is 3.10. The molecule has 0 amide bonds. The molecule has 0 aliphatic rings. The Labute approximate surface area is 74.8 Å². The van der Waals surface area contributed by atoms with Crippen molar-refractivity contribution in [2.24, 2.45) is 0 Å². The molecule has 1 heterocycles. The van der Waals surface area contributed by atoms with Crippen LogP contribution in [0.2, 0.25) is 0 Å². The van der Waals surface area contributed by atoms with Gasteiger partial charge in [-0.25, -0.2) is 0 Å². The van der Waals surface area contributed by atoms with Crippen LogP contribution in [0.3, 0.4) is 0 Å². The predicted octanol–water partition coefficient (Wildman–Crippen LogP) is 2.40. The van der Waals surface area contributed by atoms with Gasteiger partial charge in [-0.2, -0.15) is 4.98 Å². The van der Waals surface area contributed by atoms with Gasteiger partial charge in [-0.1, -0.05) is 24.3 Å². The number of nitrogens with one attached hydrogen (secondary N) is 1. The van der Waals surface area contributed by atoms with Crippen molar-refractivity contribution in [3.8, 4) is 0 Å². The molecular formula is C11H8NO+. The molecule has 2 heteroatoms. The molecule has 1 N–H and O–H groups in total. The molecule has 0 bridgehead atoms. The van der Waals surface area contributed by atoms with Gasteiger partial charge in [0.2, 0.25) is 5.58 Å². The summed E-state index contributed by atoms with van der Waals surface area (Å²) in [5, 5.41) is 2.43. The summed E-state index contributed by atoms with van der Waals surface area (Å²) in [5.41, 5.74) is 1.97. The number of oxazole rings is 1. The Hall–Kier alpha value is -1.83. The Morgan fingerprint density at radius 2 is 1.92 bits per heavy atom. The fourth-order valence-corrected chi connectivity index (χ4v) is 1.65. The molecule has 1 aromatic heterocycles. The van der Waals surface area contributed by atoms with Gasteiger partial charge in [0.05, 0.1) is 5.39 Å².